The van der Waals surface area contributed by atoms with Crippen LogP contribution in [-0.2, 0) is 6.54 Å². The third-order valence-corrected chi connectivity index (χ3v) is 2.60. The standard InChI is InChI=1S/C14H14N2O3/c1-9-3-2-4-10(16-9)8-15-14(19)12-6-5-11(17)7-13(12)18/h2-7,17-18H,8H2,1H3,(H,15,19). The van der Waals surface area contributed by atoms with Crippen LogP contribution in [0.3, 0.4) is 0 Å². The Bertz CT molecular complexity index is 611. The Morgan fingerprint density at radius 2 is 2.05 bits per heavy atom. The minimum atomic E-state index is -0.416. The van der Waals surface area contributed by atoms with Gasteiger partial charge in [0, 0.05) is 11.8 Å². The Hall–Kier alpha value is -2.56. The Kier molecular flexibility index (Phi) is 3.66. The molecule has 1 aromatic heterocycles. The molecule has 19 heavy (non-hydrogen) atoms. The summed E-state index contributed by atoms with van der Waals surface area (Å²) < 4.78 is 0. The molecule has 0 saturated heterocycles. The highest BCUT2D eigenvalue weighted by atomic mass is 16.3. The number of hydrogen-bond acceptors (Lipinski definition) is 4. The second kappa shape index (κ2) is 5.39. The number of nitrogens with zero attached hydrogens (tertiary/aromatic N) is 1. The van der Waals surface area contributed by atoms with Crippen molar-refractivity contribution in [3.05, 3.63) is 53.3 Å². The number of aromatic hydroxyl groups is 2. The number of hydrogen-bond donors (Lipinski definition) is 3. The molecular formula is C14H14N2O3. The number of carbonyl (C=O) groups excluding carboxylic acids is 1. The number of phenols is 2. The van der Waals surface area contributed by atoms with Gasteiger partial charge < -0.3 is 15.5 Å². The van der Waals surface area contributed by atoms with Gasteiger partial charge in [0.2, 0.25) is 0 Å². The molecule has 0 spiro atoms. The molecule has 0 fully saturated rings. The smallest absolute Gasteiger partial charge is 0.255 e. The summed E-state index contributed by atoms with van der Waals surface area (Å²) in [4.78, 5) is 16.1. The van der Waals surface area contributed by atoms with Crippen LogP contribution in [0.4, 0.5) is 0 Å². The van der Waals surface area contributed by atoms with Crippen molar-refractivity contribution in [3.8, 4) is 11.5 Å². The van der Waals surface area contributed by atoms with Crippen LogP contribution in [-0.4, -0.2) is 21.1 Å². The SMILES string of the molecule is Cc1cccc(CNC(=O)c2ccc(O)cc2O)n1. The van der Waals surface area contributed by atoms with E-state index in [9.17, 15) is 9.90 Å². The third-order valence-electron chi connectivity index (χ3n) is 2.60. The lowest BCUT2D eigenvalue weighted by Crippen LogP contribution is -2.23. The summed E-state index contributed by atoms with van der Waals surface area (Å²) in [7, 11) is 0. The average molecular weight is 258 g/mol. The predicted octanol–water partition coefficient (Wildman–Crippen LogP) is 1.73. The van der Waals surface area contributed by atoms with Crippen molar-refractivity contribution in [1.29, 1.82) is 0 Å². The molecule has 0 radical (unpaired) electrons. The first-order valence-electron chi connectivity index (χ1n) is 5.79. The van der Waals surface area contributed by atoms with Crippen LogP contribution in [0.5, 0.6) is 11.5 Å². The lowest BCUT2D eigenvalue weighted by Gasteiger charge is -2.07. The third kappa shape index (κ3) is 3.22. The van der Waals surface area contributed by atoms with Gasteiger partial charge >= 0.3 is 0 Å². The molecule has 98 valence electrons. The molecule has 0 unspecified atom stereocenters. The number of aryl methyl sites for hydroxylation is 1. The van der Waals surface area contributed by atoms with Gasteiger partial charge in [-0.05, 0) is 31.2 Å². The lowest BCUT2D eigenvalue weighted by molar-refractivity contribution is 0.0947. The minimum absolute atomic E-state index is 0.0885. The number of aromatic nitrogens is 1. The molecule has 3 N–H and O–H groups in total. The molecule has 0 aliphatic heterocycles. The number of nitrogens with one attached hydrogen (secondary N) is 1. The number of phenolic OH excluding ortho intramolecular Hbond substituents is 2. The van der Waals surface area contributed by atoms with Crippen LogP contribution >= 0.6 is 0 Å². The quantitative estimate of drug-likeness (QED) is 0.783. The minimum Gasteiger partial charge on any atom is -0.508 e. The maximum Gasteiger partial charge on any atom is 0.255 e. The first kappa shape index (κ1) is 12.9. The number of rotatable bonds is 3. The highest BCUT2D eigenvalue weighted by molar-refractivity contribution is 5.96. The van der Waals surface area contributed by atoms with E-state index >= 15 is 0 Å². The molecule has 0 saturated carbocycles. The Balaban J connectivity index is 2.05. The highest BCUT2D eigenvalue weighted by Crippen LogP contribution is 2.22. The summed E-state index contributed by atoms with van der Waals surface area (Å²) in [6, 6.07) is 9.38. The van der Waals surface area contributed by atoms with Gasteiger partial charge in [0.15, 0.2) is 0 Å². The first-order valence-corrected chi connectivity index (χ1v) is 5.79. The van der Waals surface area contributed by atoms with Gasteiger partial charge in [-0.2, -0.15) is 0 Å². The molecule has 1 aromatic carbocycles. The second-order valence-electron chi connectivity index (χ2n) is 4.15. The second-order valence-corrected chi connectivity index (χ2v) is 4.15. The monoisotopic (exact) mass is 258 g/mol. The predicted molar refractivity (Wildman–Crippen MR) is 69.9 cm³/mol. The van der Waals surface area contributed by atoms with E-state index in [4.69, 9.17) is 5.11 Å². The van der Waals surface area contributed by atoms with E-state index < -0.39 is 5.91 Å². The number of amides is 1. The molecule has 1 amide bonds. The molecule has 0 atom stereocenters. The van der Waals surface area contributed by atoms with Crippen LogP contribution < -0.4 is 5.32 Å². The average Bonchev–Trinajstić information content (AvgIpc) is 2.36. The summed E-state index contributed by atoms with van der Waals surface area (Å²) in [6.45, 7) is 2.15. The normalized spacial score (nSPS) is 10.2. The van der Waals surface area contributed by atoms with Crippen LogP contribution in [0, 0.1) is 6.92 Å². The van der Waals surface area contributed by atoms with Crippen LogP contribution in [0.15, 0.2) is 36.4 Å². The Labute approximate surface area is 110 Å². The van der Waals surface area contributed by atoms with Gasteiger partial charge in [0.1, 0.15) is 11.5 Å². The molecule has 5 nitrogen and oxygen atoms in total. The molecule has 1 heterocycles. The van der Waals surface area contributed by atoms with Crippen molar-refractivity contribution in [2.75, 3.05) is 0 Å². The summed E-state index contributed by atoms with van der Waals surface area (Å²) in [6.07, 6.45) is 0. The zero-order valence-electron chi connectivity index (χ0n) is 10.4. The van der Waals surface area contributed by atoms with Gasteiger partial charge in [-0.3, -0.25) is 9.78 Å². The zero-order valence-corrected chi connectivity index (χ0v) is 10.4. The van der Waals surface area contributed by atoms with Crippen molar-refractivity contribution in [3.63, 3.8) is 0 Å². The lowest BCUT2D eigenvalue weighted by atomic mass is 10.1. The largest absolute Gasteiger partial charge is 0.508 e. The van der Waals surface area contributed by atoms with E-state index in [0.717, 1.165) is 17.5 Å². The number of pyridine rings is 1. The van der Waals surface area contributed by atoms with E-state index in [0.29, 0.717) is 0 Å². The van der Waals surface area contributed by atoms with E-state index in [1.54, 1.807) is 0 Å². The van der Waals surface area contributed by atoms with Crippen molar-refractivity contribution < 1.29 is 15.0 Å². The molecule has 0 bridgehead atoms. The maximum absolute atomic E-state index is 11.9. The molecular weight excluding hydrogens is 244 g/mol. The summed E-state index contributed by atoms with van der Waals surface area (Å²) >= 11 is 0. The molecule has 2 aromatic rings. The number of benzene rings is 1. The molecule has 0 aliphatic carbocycles. The van der Waals surface area contributed by atoms with E-state index in [2.05, 4.69) is 10.3 Å². The van der Waals surface area contributed by atoms with E-state index in [1.165, 1.54) is 12.1 Å². The summed E-state index contributed by atoms with van der Waals surface area (Å²) in [5.74, 6) is -0.759. The number of carbonyl (C=O) groups is 1. The Morgan fingerprint density at radius 1 is 1.26 bits per heavy atom. The van der Waals surface area contributed by atoms with E-state index in [1.807, 2.05) is 25.1 Å². The van der Waals surface area contributed by atoms with Crippen molar-refractivity contribution in [2.45, 2.75) is 13.5 Å². The van der Waals surface area contributed by atoms with Crippen LogP contribution in [0.2, 0.25) is 0 Å². The van der Waals surface area contributed by atoms with E-state index in [-0.39, 0.29) is 23.6 Å². The molecule has 5 heteroatoms. The zero-order chi connectivity index (χ0) is 13.8. The fraction of sp³-hybridized carbons (Fsp3) is 0.143. The van der Waals surface area contributed by atoms with Gasteiger partial charge in [-0.1, -0.05) is 6.07 Å². The molecule has 2 rings (SSSR count). The first-order chi connectivity index (χ1) is 9.06. The summed E-state index contributed by atoms with van der Waals surface area (Å²) in [5.41, 5.74) is 1.73. The maximum atomic E-state index is 11.9. The van der Waals surface area contributed by atoms with Crippen LogP contribution in [0.1, 0.15) is 21.7 Å². The Morgan fingerprint density at radius 3 is 2.74 bits per heavy atom. The summed E-state index contributed by atoms with van der Waals surface area (Å²) in [5, 5.41) is 21.4. The highest BCUT2D eigenvalue weighted by Gasteiger charge is 2.11. The fourth-order valence-corrected chi connectivity index (χ4v) is 1.68. The van der Waals surface area contributed by atoms with Gasteiger partial charge in [-0.25, -0.2) is 0 Å². The van der Waals surface area contributed by atoms with Gasteiger partial charge in [0.25, 0.3) is 5.91 Å². The fourth-order valence-electron chi connectivity index (χ4n) is 1.68. The van der Waals surface area contributed by atoms with Crippen molar-refractivity contribution >= 4 is 5.91 Å². The van der Waals surface area contributed by atoms with Crippen molar-refractivity contribution in [2.24, 2.45) is 0 Å². The van der Waals surface area contributed by atoms with Gasteiger partial charge in [0.05, 0.1) is 17.8 Å². The van der Waals surface area contributed by atoms with Crippen molar-refractivity contribution in [1.82, 2.24) is 10.3 Å². The topological polar surface area (TPSA) is 82.5 Å². The molecule has 0 aliphatic rings. The van der Waals surface area contributed by atoms with Gasteiger partial charge in [-0.15, -0.1) is 0 Å². The van der Waals surface area contributed by atoms with Crippen LogP contribution in [0.25, 0.3) is 0 Å².